The van der Waals surface area contributed by atoms with E-state index in [1.165, 1.54) is 0 Å². The highest BCUT2D eigenvalue weighted by Gasteiger charge is 1.92. The molecular weight excluding hydrogens is 172 g/mol. The van der Waals surface area contributed by atoms with Crippen molar-refractivity contribution in [3.05, 3.63) is 35.5 Å². The Labute approximate surface area is 77.3 Å². The minimum absolute atomic E-state index is 0.554. The van der Waals surface area contributed by atoms with Crippen molar-refractivity contribution >= 4 is 17.4 Å². The van der Waals surface area contributed by atoms with E-state index in [2.05, 4.69) is 16.9 Å². The number of hydrogen-bond donors (Lipinski definition) is 1. The van der Waals surface area contributed by atoms with E-state index in [9.17, 15) is 0 Å². The fourth-order valence-electron chi connectivity index (χ4n) is 0.828. The fraction of sp³-hybridized carbons (Fsp3) is 0.222. The van der Waals surface area contributed by atoms with Gasteiger partial charge in [-0.25, -0.2) is 4.98 Å². The second-order valence-corrected chi connectivity index (χ2v) is 3.07. The van der Waals surface area contributed by atoms with Crippen LogP contribution >= 0.6 is 11.6 Å². The van der Waals surface area contributed by atoms with Crippen LogP contribution in [0.5, 0.6) is 0 Å². The molecule has 0 aliphatic carbocycles. The van der Waals surface area contributed by atoms with Gasteiger partial charge in [0.05, 0.1) is 6.54 Å². The van der Waals surface area contributed by atoms with Crippen LogP contribution in [0.15, 0.2) is 29.8 Å². The van der Waals surface area contributed by atoms with Crippen molar-refractivity contribution in [3.8, 4) is 0 Å². The highest BCUT2D eigenvalue weighted by Crippen LogP contribution is 2.05. The third kappa shape index (κ3) is 2.93. The number of hydrogen-bond acceptors (Lipinski definition) is 2. The van der Waals surface area contributed by atoms with Gasteiger partial charge in [-0.05, 0) is 19.1 Å². The molecule has 12 heavy (non-hydrogen) atoms. The predicted molar refractivity (Wildman–Crippen MR) is 52.5 cm³/mol. The lowest BCUT2D eigenvalue weighted by molar-refractivity contribution is 1.16. The van der Waals surface area contributed by atoms with Gasteiger partial charge in [0.25, 0.3) is 0 Å². The molecule has 1 heterocycles. The van der Waals surface area contributed by atoms with E-state index in [0.29, 0.717) is 11.6 Å². The number of aromatic nitrogens is 1. The second kappa shape index (κ2) is 4.12. The Morgan fingerprint density at radius 3 is 3.00 bits per heavy atom. The number of nitrogens with one attached hydrogen (secondary N) is 1. The summed E-state index contributed by atoms with van der Waals surface area (Å²) in [5.41, 5.74) is 0.986. The molecule has 3 heteroatoms. The molecule has 1 N–H and O–H groups in total. The first kappa shape index (κ1) is 9.07. The quantitative estimate of drug-likeness (QED) is 0.777. The summed E-state index contributed by atoms with van der Waals surface area (Å²) in [6.45, 7) is 6.07. The van der Waals surface area contributed by atoms with Crippen LogP contribution in [-0.4, -0.2) is 11.5 Å². The molecule has 0 amide bonds. The molecule has 0 spiro atoms. The molecule has 2 nitrogen and oxygen atoms in total. The Morgan fingerprint density at radius 1 is 1.67 bits per heavy atom. The topological polar surface area (TPSA) is 24.9 Å². The molecule has 0 fully saturated rings. The van der Waals surface area contributed by atoms with Gasteiger partial charge in [0.2, 0.25) is 0 Å². The van der Waals surface area contributed by atoms with E-state index in [-0.39, 0.29) is 0 Å². The van der Waals surface area contributed by atoms with E-state index in [1.54, 1.807) is 0 Å². The van der Waals surface area contributed by atoms with Crippen molar-refractivity contribution in [1.82, 2.24) is 4.98 Å². The maximum absolute atomic E-state index is 5.58. The smallest absolute Gasteiger partial charge is 0.126 e. The summed E-state index contributed by atoms with van der Waals surface area (Å²) in [5.74, 6) is 0.830. The van der Waals surface area contributed by atoms with Gasteiger partial charge in [0, 0.05) is 10.7 Å². The number of rotatable bonds is 3. The normalized spacial score (nSPS) is 9.50. The molecule has 0 aliphatic heterocycles. The zero-order chi connectivity index (χ0) is 8.97. The first-order chi connectivity index (χ1) is 5.68. The molecule has 1 rings (SSSR count). The average Bonchev–Trinajstić information content (AvgIpc) is 2.01. The molecule has 1 aromatic heterocycles. The Hall–Kier alpha value is -1.02. The number of nitrogens with zero attached hydrogens (tertiary/aromatic N) is 1. The van der Waals surface area contributed by atoms with Gasteiger partial charge >= 0.3 is 0 Å². The maximum atomic E-state index is 5.58. The van der Waals surface area contributed by atoms with E-state index in [0.717, 1.165) is 11.5 Å². The summed E-state index contributed by atoms with van der Waals surface area (Å²) in [7, 11) is 0. The largest absolute Gasteiger partial charge is 0.365 e. The number of aryl methyl sites for hydroxylation is 1. The monoisotopic (exact) mass is 182 g/mol. The lowest BCUT2D eigenvalue weighted by atomic mass is 10.4. The number of anilines is 1. The molecule has 0 aliphatic rings. The SMILES string of the molecule is C=C(Cl)CNc1cccc(C)n1. The lowest BCUT2D eigenvalue weighted by Crippen LogP contribution is -2.02. The van der Waals surface area contributed by atoms with Crippen LogP contribution in [0.4, 0.5) is 5.82 Å². The first-order valence-electron chi connectivity index (χ1n) is 3.69. The molecule has 0 atom stereocenters. The van der Waals surface area contributed by atoms with E-state index < -0.39 is 0 Å². The van der Waals surface area contributed by atoms with Crippen molar-refractivity contribution in [2.24, 2.45) is 0 Å². The summed E-state index contributed by atoms with van der Waals surface area (Å²) >= 11 is 5.58. The molecule has 0 saturated heterocycles. The molecule has 0 radical (unpaired) electrons. The third-order valence-electron chi connectivity index (χ3n) is 1.35. The lowest BCUT2D eigenvalue weighted by Gasteiger charge is -2.03. The van der Waals surface area contributed by atoms with Crippen molar-refractivity contribution in [3.63, 3.8) is 0 Å². The Balaban J connectivity index is 2.57. The van der Waals surface area contributed by atoms with Gasteiger partial charge in [0.1, 0.15) is 5.82 Å². The van der Waals surface area contributed by atoms with Crippen LogP contribution in [0.25, 0.3) is 0 Å². The van der Waals surface area contributed by atoms with Crippen LogP contribution in [0.3, 0.4) is 0 Å². The zero-order valence-electron chi connectivity index (χ0n) is 6.97. The van der Waals surface area contributed by atoms with Crippen LogP contribution < -0.4 is 5.32 Å². The van der Waals surface area contributed by atoms with Gasteiger partial charge in [-0.1, -0.05) is 24.2 Å². The van der Waals surface area contributed by atoms with Crippen molar-refractivity contribution in [2.75, 3.05) is 11.9 Å². The van der Waals surface area contributed by atoms with Gasteiger partial charge in [0.15, 0.2) is 0 Å². The van der Waals surface area contributed by atoms with Gasteiger partial charge in [-0.3, -0.25) is 0 Å². The van der Waals surface area contributed by atoms with Gasteiger partial charge in [-0.2, -0.15) is 0 Å². The van der Waals surface area contributed by atoms with Crippen LogP contribution in [-0.2, 0) is 0 Å². The van der Waals surface area contributed by atoms with Gasteiger partial charge in [-0.15, -0.1) is 0 Å². The molecule has 64 valence electrons. The molecular formula is C9H11ClN2. The number of pyridine rings is 1. The summed E-state index contributed by atoms with van der Waals surface area (Å²) in [6, 6.07) is 5.79. The summed E-state index contributed by atoms with van der Waals surface area (Å²) in [6.07, 6.45) is 0. The number of halogens is 1. The third-order valence-corrected chi connectivity index (χ3v) is 1.48. The summed E-state index contributed by atoms with van der Waals surface area (Å²) in [4.78, 5) is 4.23. The molecule has 0 unspecified atom stereocenters. The standard InChI is InChI=1S/C9H11ClN2/c1-7(10)6-11-9-5-3-4-8(2)12-9/h3-5H,1,6H2,2H3,(H,11,12). The highest BCUT2D eigenvalue weighted by molar-refractivity contribution is 6.29. The van der Waals surface area contributed by atoms with E-state index in [1.807, 2.05) is 25.1 Å². The molecule has 0 bridgehead atoms. The summed E-state index contributed by atoms with van der Waals surface area (Å²) < 4.78 is 0. The predicted octanol–water partition coefficient (Wildman–Crippen LogP) is 2.55. The minimum atomic E-state index is 0.554. The molecule has 0 saturated carbocycles. The van der Waals surface area contributed by atoms with Crippen LogP contribution in [0, 0.1) is 6.92 Å². The van der Waals surface area contributed by atoms with E-state index >= 15 is 0 Å². The summed E-state index contributed by atoms with van der Waals surface area (Å²) in [5, 5.41) is 3.62. The Bertz CT molecular complexity index is 284. The van der Waals surface area contributed by atoms with Crippen molar-refractivity contribution in [1.29, 1.82) is 0 Å². The average molecular weight is 183 g/mol. The van der Waals surface area contributed by atoms with Crippen LogP contribution in [0.1, 0.15) is 5.69 Å². The van der Waals surface area contributed by atoms with Crippen LogP contribution in [0.2, 0.25) is 0 Å². The Morgan fingerprint density at radius 2 is 2.42 bits per heavy atom. The highest BCUT2D eigenvalue weighted by atomic mass is 35.5. The zero-order valence-corrected chi connectivity index (χ0v) is 7.73. The molecule has 1 aromatic rings. The fourth-order valence-corrected chi connectivity index (χ4v) is 0.895. The van der Waals surface area contributed by atoms with Crippen molar-refractivity contribution < 1.29 is 0 Å². The second-order valence-electron chi connectivity index (χ2n) is 2.54. The Kier molecular flexibility index (Phi) is 3.11. The first-order valence-corrected chi connectivity index (χ1v) is 4.07. The minimum Gasteiger partial charge on any atom is -0.365 e. The van der Waals surface area contributed by atoms with Crippen molar-refractivity contribution in [2.45, 2.75) is 6.92 Å². The maximum Gasteiger partial charge on any atom is 0.126 e. The molecule has 0 aromatic carbocycles. The van der Waals surface area contributed by atoms with Gasteiger partial charge < -0.3 is 5.32 Å². The van der Waals surface area contributed by atoms with E-state index in [4.69, 9.17) is 11.6 Å².